The summed E-state index contributed by atoms with van der Waals surface area (Å²) < 4.78 is 69.2. The minimum atomic E-state index is -5.90. The monoisotopic (exact) mass is 313 g/mol. The number of nitriles is 1. The van der Waals surface area contributed by atoms with Gasteiger partial charge in [-0.05, 0) is 19.8 Å². The number of hydrogen-bond donors (Lipinski definition) is 1. The van der Waals surface area contributed by atoms with Crippen LogP contribution >= 0.6 is 0 Å². The van der Waals surface area contributed by atoms with Crippen molar-refractivity contribution in [2.75, 3.05) is 6.61 Å². The van der Waals surface area contributed by atoms with Gasteiger partial charge in [0, 0.05) is 0 Å². The molecular weight excluding hydrogens is 297 g/mol. The van der Waals surface area contributed by atoms with Crippen molar-refractivity contribution in [3.05, 3.63) is 11.3 Å². The van der Waals surface area contributed by atoms with Crippen molar-refractivity contribution in [3.63, 3.8) is 0 Å². The molecule has 1 N–H and O–H groups in total. The van der Waals surface area contributed by atoms with Gasteiger partial charge in [-0.25, -0.2) is 0 Å². The first kappa shape index (κ1) is 17.7. The van der Waals surface area contributed by atoms with Crippen LogP contribution in [0.15, 0.2) is 11.3 Å². The number of alkyl halides is 5. The maximum Gasteiger partial charge on any atom is 0.461 e. The third-order valence-corrected chi connectivity index (χ3v) is 3.41. The molecule has 1 rings (SSSR count). The van der Waals surface area contributed by atoms with Crippen molar-refractivity contribution in [2.45, 2.75) is 56.7 Å². The van der Waals surface area contributed by atoms with E-state index in [0.29, 0.717) is 12.8 Å². The number of allylic oxidation sites excluding steroid dienone is 1. The first-order chi connectivity index (χ1) is 9.60. The Morgan fingerprint density at radius 3 is 2.10 bits per heavy atom. The molecule has 0 bridgehead atoms. The van der Waals surface area contributed by atoms with Crippen molar-refractivity contribution < 1.29 is 31.8 Å². The van der Waals surface area contributed by atoms with Gasteiger partial charge < -0.3 is 9.84 Å². The van der Waals surface area contributed by atoms with Gasteiger partial charge in [0.1, 0.15) is 17.2 Å². The third-order valence-electron chi connectivity index (χ3n) is 3.41. The molecule has 0 spiro atoms. The molecule has 0 heterocycles. The standard InChI is InChI=1S/C13H16F5NO2/c1-2-21-10(12(14,15)13(16,17)18)9(8-19)11(20)6-4-3-5-7-11/h20H,2-7H2,1H3/b10-9-. The molecule has 0 atom stereocenters. The largest absolute Gasteiger partial charge is 0.491 e. The van der Waals surface area contributed by atoms with E-state index in [-0.39, 0.29) is 12.8 Å². The highest BCUT2D eigenvalue weighted by atomic mass is 19.4. The molecule has 0 aromatic heterocycles. The molecule has 0 aromatic carbocycles. The molecule has 1 saturated carbocycles. The Labute approximate surface area is 119 Å². The normalized spacial score (nSPS) is 20.5. The summed E-state index contributed by atoms with van der Waals surface area (Å²) in [5, 5.41) is 19.3. The number of rotatable bonds is 4. The van der Waals surface area contributed by atoms with E-state index in [9.17, 15) is 27.1 Å². The average molecular weight is 313 g/mol. The van der Waals surface area contributed by atoms with Crippen LogP contribution in [0.2, 0.25) is 0 Å². The predicted octanol–water partition coefficient (Wildman–Crippen LogP) is 3.69. The summed E-state index contributed by atoms with van der Waals surface area (Å²) in [6.07, 6.45) is -4.37. The molecule has 8 heteroatoms. The number of hydrogen-bond acceptors (Lipinski definition) is 3. The molecule has 1 fully saturated rings. The minimum Gasteiger partial charge on any atom is -0.491 e. The van der Waals surface area contributed by atoms with E-state index in [2.05, 4.69) is 4.74 Å². The smallest absolute Gasteiger partial charge is 0.461 e. The van der Waals surface area contributed by atoms with Gasteiger partial charge in [-0.2, -0.15) is 27.2 Å². The first-order valence-electron chi connectivity index (χ1n) is 6.55. The predicted molar refractivity (Wildman–Crippen MR) is 63.3 cm³/mol. The van der Waals surface area contributed by atoms with Crippen molar-refractivity contribution in [2.24, 2.45) is 0 Å². The third kappa shape index (κ3) is 3.46. The molecule has 0 radical (unpaired) electrons. The van der Waals surface area contributed by atoms with Crippen LogP contribution < -0.4 is 0 Å². The van der Waals surface area contributed by atoms with E-state index in [1.165, 1.54) is 13.0 Å². The van der Waals surface area contributed by atoms with Gasteiger partial charge in [0.2, 0.25) is 0 Å². The van der Waals surface area contributed by atoms with Crippen LogP contribution in [0.4, 0.5) is 22.0 Å². The Morgan fingerprint density at radius 2 is 1.71 bits per heavy atom. The van der Waals surface area contributed by atoms with Gasteiger partial charge >= 0.3 is 12.1 Å². The lowest BCUT2D eigenvalue weighted by Crippen LogP contribution is -2.43. The van der Waals surface area contributed by atoms with E-state index >= 15 is 0 Å². The van der Waals surface area contributed by atoms with Gasteiger partial charge in [0.25, 0.3) is 0 Å². The quantitative estimate of drug-likeness (QED) is 0.489. The van der Waals surface area contributed by atoms with Crippen LogP contribution in [0.25, 0.3) is 0 Å². The van der Waals surface area contributed by atoms with Crippen molar-refractivity contribution in [3.8, 4) is 6.07 Å². The molecule has 21 heavy (non-hydrogen) atoms. The van der Waals surface area contributed by atoms with Crippen LogP contribution in [-0.4, -0.2) is 29.4 Å². The Morgan fingerprint density at radius 1 is 1.19 bits per heavy atom. The van der Waals surface area contributed by atoms with Gasteiger partial charge in [-0.1, -0.05) is 19.3 Å². The maximum absolute atomic E-state index is 13.6. The summed E-state index contributed by atoms with van der Waals surface area (Å²) in [7, 11) is 0. The summed E-state index contributed by atoms with van der Waals surface area (Å²) in [5.74, 6) is -7.11. The van der Waals surface area contributed by atoms with Crippen LogP contribution in [0, 0.1) is 11.3 Å². The second-order valence-corrected chi connectivity index (χ2v) is 4.91. The highest BCUT2D eigenvalue weighted by Crippen LogP contribution is 2.46. The number of nitrogens with zero attached hydrogens (tertiary/aromatic N) is 1. The fourth-order valence-electron chi connectivity index (χ4n) is 2.35. The van der Waals surface area contributed by atoms with Gasteiger partial charge in [0.05, 0.1) is 6.61 Å². The Bertz CT molecular complexity index is 444. The molecule has 0 amide bonds. The Hall–Kier alpha value is -1.36. The summed E-state index contributed by atoms with van der Waals surface area (Å²) in [6, 6.07) is 1.30. The van der Waals surface area contributed by atoms with Gasteiger partial charge in [0.15, 0.2) is 5.76 Å². The summed E-state index contributed by atoms with van der Waals surface area (Å²) >= 11 is 0. The zero-order valence-corrected chi connectivity index (χ0v) is 11.4. The summed E-state index contributed by atoms with van der Waals surface area (Å²) in [4.78, 5) is 0. The molecule has 0 unspecified atom stereocenters. The highest BCUT2D eigenvalue weighted by molar-refractivity contribution is 5.38. The van der Waals surface area contributed by atoms with E-state index < -0.39 is 35.6 Å². The molecule has 0 aromatic rings. The second-order valence-electron chi connectivity index (χ2n) is 4.91. The number of ether oxygens (including phenoxy) is 1. The summed E-state index contributed by atoms with van der Waals surface area (Å²) in [5.41, 5.74) is -3.02. The molecular formula is C13H16F5NO2. The number of halogens is 5. The molecule has 0 saturated heterocycles. The van der Waals surface area contributed by atoms with E-state index in [4.69, 9.17) is 5.26 Å². The van der Waals surface area contributed by atoms with Crippen molar-refractivity contribution in [1.29, 1.82) is 5.26 Å². The molecule has 1 aliphatic rings. The maximum atomic E-state index is 13.6. The van der Waals surface area contributed by atoms with Crippen LogP contribution in [0.5, 0.6) is 0 Å². The molecule has 1 aliphatic carbocycles. The van der Waals surface area contributed by atoms with Gasteiger partial charge in [-0.3, -0.25) is 0 Å². The Balaban J connectivity index is 3.42. The molecule has 0 aliphatic heterocycles. The highest BCUT2D eigenvalue weighted by Gasteiger charge is 2.63. The minimum absolute atomic E-state index is 0.0413. The molecule has 120 valence electrons. The van der Waals surface area contributed by atoms with Gasteiger partial charge in [-0.15, -0.1) is 0 Å². The topological polar surface area (TPSA) is 53.2 Å². The lowest BCUT2D eigenvalue weighted by atomic mass is 9.78. The van der Waals surface area contributed by atoms with E-state index in [1.807, 2.05) is 0 Å². The zero-order valence-electron chi connectivity index (χ0n) is 11.4. The van der Waals surface area contributed by atoms with E-state index in [0.717, 1.165) is 6.42 Å². The first-order valence-corrected chi connectivity index (χ1v) is 6.55. The lowest BCUT2D eigenvalue weighted by molar-refractivity contribution is -0.277. The zero-order chi connectivity index (χ0) is 16.3. The van der Waals surface area contributed by atoms with Crippen LogP contribution in [0.3, 0.4) is 0 Å². The summed E-state index contributed by atoms with van der Waals surface area (Å²) in [6.45, 7) is 0.759. The fourth-order valence-corrected chi connectivity index (χ4v) is 2.35. The second kappa shape index (κ2) is 6.18. The van der Waals surface area contributed by atoms with Crippen molar-refractivity contribution in [1.82, 2.24) is 0 Å². The SMILES string of the molecule is CCO/C(=C(/C#N)C1(O)CCCCC1)C(F)(F)C(F)(F)F. The van der Waals surface area contributed by atoms with Crippen LogP contribution in [0.1, 0.15) is 39.0 Å². The van der Waals surface area contributed by atoms with Crippen molar-refractivity contribution >= 4 is 0 Å². The number of aliphatic hydroxyl groups is 1. The lowest BCUT2D eigenvalue weighted by Gasteiger charge is -2.34. The average Bonchev–Trinajstić information content (AvgIpc) is 2.37. The Kier molecular flexibility index (Phi) is 5.20. The van der Waals surface area contributed by atoms with E-state index in [1.54, 1.807) is 0 Å². The fraction of sp³-hybridized carbons (Fsp3) is 0.769. The van der Waals surface area contributed by atoms with Crippen LogP contribution in [-0.2, 0) is 4.74 Å². The molecule has 3 nitrogen and oxygen atoms in total.